The third-order valence-electron chi connectivity index (χ3n) is 3.94. The molecule has 2 rings (SSSR count). The number of benzene rings is 1. The van der Waals surface area contributed by atoms with Gasteiger partial charge in [-0.3, -0.25) is 4.79 Å². The molecule has 0 aliphatic heterocycles. The topological polar surface area (TPSA) is 29.1 Å². The summed E-state index contributed by atoms with van der Waals surface area (Å²) in [5.41, 5.74) is 3.09. The number of carbonyl (C=O) groups excluding carboxylic acids is 1. The Kier molecular flexibility index (Phi) is 3.74. The molecule has 1 fully saturated rings. The Hall–Kier alpha value is -1.31. The lowest BCUT2D eigenvalue weighted by Crippen LogP contribution is -2.30. The van der Waals surface area contributed by atoms with Crippen LogP contribution in [-0.4, -0.2) is 12.5 Å². The van der Waals surface area contributed by atoms with E-state index in [1.54, 1.807) is 0 Å². The van der Waals surface area contributed by atoms with Crippen LogP contribution >= 0.6 is 0 Å². The van der Waals surface area contributed by atoms with Crippen LogP contribution in [0.3, 0.4) is 0 Å². The van der Waals surface area contributed by atoms with E-state index in [1.165, 1.54) is 24.0 Å². The van der Waals surface area contributed by atoms with E-state index in [-0.39, 0.29) is 11.8 Å². The molecule has 1 saturated carbocycles. The number of amides is 1. The highest BCUT2D eigenvalue weighted by molar-refractivity contribution is 5.77. The maximum absolute atomic E-state index is 11.5. The van der Waals surface area contributed by atoms with Gasteiger partial charge in [-0.15, -0.1) is 0 Å². The van der Waals surface area contributed by atoms with Crippen LogP contribution in [0.25, 0.3) is 0 Å². The average Bonchev–Trinajstić information content (AvgIpc) is 3.10. The molecule has 2 nitrogen and oxygen atoms in total. The second-order valence-electron chi connectivity index (χ2n) is 5.84. The summed E-state index contributed by atoms with van der Waals surface area (Å²) in [7, 11) is 0. The van der Waals surface area contributed by atoms with Crippen LogP contribution in [0.15, 0.2) is 24.3 Å². The molecule has 18 heavy (non-hydrogen) atoms. The van der Waals surface area contributed by atoms with Crippen LogP contribution in [-0.2, 0) is 10.2 Å². The first-order valence-corrected chi connectivity index (χ1v) is 6.88. The zero-order chi connectivity index (χ0) is 13.2. The Morgan fingerprint density at radius 1 is 1.28 bits per heavy atom. The highest BCUT2D eigenvalue weighted by Gasteiger charge is 2.43. The third-order valence-corrected chi connectivity index (χ3v) is 3.94. The molecule has 0 heterocycles. The lowest BCUT2D eigenvalue weighted by Gasteiger charge is -2.17. The second-order valence-corrected chi connectivity index (χ2v) is 5.84. The number of carbonyl (C=O) groups is 1. The summed E-state index contributed by atoms with van der Waals surface area (Å²) < 4.78 is 0. The van der Waals surface area contributed by atoms with Crippen molar-refractivity contribution in [3.8, 4) is 0 Å². The molecule has 0 aromatic heterocycles. The van der Waals surface area contributed by atoms with Gasteiger partial charge in [-0.2, -0.15) is 0 Å². The third kappa shape index (κ3) is 2.92. The smallest absolute Gasteiger partial charge is 0.222 e. The Morgan fingerprint density at radius 3 is 2.39 bits per heavy atom. The summed E-state index contributed by atoms with van der Waals surface area (Å²) in [6.07, 6.45) is 3.58. The average molecular weight is 245 g/mol. The maximum atomic E-state index is 11.5. The van der Waals surface area contributed by atoms with Gasteiger partial charge in [-0.05, 0) is 37.2 Å². The monoisotopic (exact) mass is 245 g/mol. The van der Waals surface area contributed by atoms with E-state index in [0.29, 0.717) is 5.41 Å². The van der Waals surface area contributed by atoms with E-state index in [2.05, 4.69) is 36.5 Å². The van der Waals surface area contributed by atoms with Crippen molar-refractivity contribution < 1.29 is 4.79 Å². The largest absolute Gasteiger partial charge is 0.356 e. The Morgan fingerprint density at radius 2 is 1.89 bits per heavy atom. The van der Waals surface area contributed by atoms with Gasteiger partial charge in [-0.1, -0.05) is 43.7 Å². The summed E-state index contributed by atoms with van der Waals surface area (Å²) >= 11 is 0. The molecule has 0 saturated heterocycles. The maximum Gasteiger partial charge on any atom is 0.222 e. The highest BCUT2D eigenvalue weighted by atomic mass is 16.1. The lowest BCUT2D eigenvalue weighted by molar-refractivity contribution is -0.123. The van der Waals surface area contributed by atoms with Gasteiger partial charge in [0.25, 0.3) is 0 Å². The zero-order valence-electron chi connectivity index (χ0n) is 11.6. The Balaban J connectivity index is 1.89. The van der Waals surface area contributed by atoms with Gasteiger partial charge in [0.1, 0.15) is 0 Å². The Bertz CT molecular complexity index is 415. The van der Waals surface area contributed by atoms with Gasteiger partial charge in [0.05, 0.1) is 0 Å². The fourth-order valence-electron chi connectivity index (χ4n) is 2.37. The van der Waals surface area contributed by atoms with Crippen LogP contribution in [0.2, 0.25) is 0 Å². The molecule has 1 aliphatic rings. The van der Waals surface area contributed by atoms with Crippen molar-refractivity contribution in [2.45, 2.75) is 45.4 Å². The predicted octanol–water partition coefficient (Wildman–Crippen LogP) is 3.19. The summed E-state index contributed by atoms with van der Waals surface area (Å²) in [5, 5.41) is 3.02. The normalized spacial score (nSPS) is 16.7. The van der Waals surface area contributed by atoms with Crippen molar-refractivity contribution >= 4 is 5.91 Å². The van der Waals surface area contributed by atoms with Gasteiger partial charge < -0.3 is 5.32 Å². The van der Waals surface area contributed by atoms with Gasteiger partial charge >= 0.3 is 0 Å². The molecule has 0 radical (unpaired) electrons. The van der Waals surface area contributed by atoms with Crippen molar-refractivity contribution in [3.05, 3.63) is 35.4 Å². The molecule has 0 unspecified atom stereocenters. The van der Waals surface area contributed by atoms with Crippen LogP contribution in [0.5, 0.6) is 0 Å². The molecule has 1 aromatic carbocycles. The van der Waals surface area contributed by atoms with Crippen LogP contribution in [0, 0.1) is 12.8 Å². The molecule has 2 heteroatoms. The minimum atomic E-state index is 0.0829. The second kappa shape index (κ2) is 5.13. The van der Waals surface area contributed by atoms with Crippen LogP contribution in [0.1, 0.15) is 44.2 Å². The molecule has 0 atom stereocenters. The summed E-state index contributed by atoms with van der Waals surface area (Å²) in [6, 6.07) is 8.85. The van der Waals surface area contributed by atoms with Gasteiger partial charge in [-0.25, -0.2) is 0 Å². The van der Waals surface area contributed by atoms with E-state index in [4.69, 9.17) is 0 Å². The SMILES string of the molecule is Cc1ccc(C2(CCNC(=O)C(C)C)CC2)cc1. The first-order chi connectivity index (χ1) is 8.53. The van der Waals surface area contributed by atoms with E-state index in [1.807, 2.05) is 13.8 Å². The summed E-state index contributed by atoms with van der Waals surface area (Å²) in [6.45, 7) is 6.78. The molecule has 0 spiro atoms. The first-order valence-electron chi connectivity index (χ1n) is 6.88. The van der Waals surface area contributed by atoms with Crippen molar-refractivity contribution in [2.75, 3.05) is 6.54 Å². The molecule has 1 aliphatic carbocycles. The summed E-state index contributed by atoms with van der Waals surface area (Å²) in [4.78, 5) is 11.5. The van der Waals surface area contributed by atoms with E-state index in [0.717, 1.165) is 13.0 Å². The quantitative estimate of drug-likeness (QED) is 0.848. The number of rotatable bonds is 5. The molecular weight excluding hydrogens is 222 g/mol. The fraction of sp³-hybridized carbons (Fsp3) is 0.562. The van der Waals surface area contributed by atoms with Crippen molar-refractivity contribution in [3.63, 3.8) is 0 Å². The summed E-state index contributed by atoms with van der Waals surface area (Å²) in [5.74, 6) is 0.245. The zero-order valence-corrected chi connectivity index (χ0v) is 11.6. The molecule has 98 valence electrons. The van der Waals surface area contributed by atoms with Crippen molar-refractivity contribution in [1.82, 2.24) is 5.32 Å². The van der Waals surface area contributed by atoms with Crippen molar-refractivity contribution in [2.24, 2.45) is 5.92 Å². The lowest BCUT2D eigenvalue weighted by atomic mass is 9.92. The van der Waals surface area contributed by atoms with E-state index in [9.17, 15) is 4.79 Å². The molecule has 1 amide bonds. The van der Waals surface area contributed by atoms with Gasteiger partial charge in [0.15, 0.2) is 0 Å². The first kappa shape index (κ1) is 13.1. The standard InChI is InChI=1S/C16H23NO/c1-12(2)15(18)17-11-10-16(8-9-16)14-6-4-13(3)5-7-14/h4-7,12H,8-11H2,1-3H3,(H,17,18). The fourth-order valence-corrected chi connectivity index (χ4v) is 2.37. The van der Waals surface area contributed by atoms with E-state index < -0.39 is 0 Å². The highest BCUT2D eigenvalue weighted by Crippen LogP contribution is 2.50. The molecular formula is C16H23NO. The van der Waals surface area contributed by atoms with Gasteiger partial charge in [0.2, 0.25) is 5.91 Å². The molecule has 1 N–H and O–H groups in total. The Labute approximate surface area is 110 Å². The number of aryl methyl sites for hydroxylation is 1. The number of hydrogen-bond donors (Lipinski definition) is 1. The van der Waals surface area contributed by atoms with Gasteiger partial charge in [0, 0.05) is 12.5 Å². The van der Waals surface area contributed by atoms with Crippen molar-refractivity contribution in [1.29, 1.82) is 0 Å². The minimum absolute atomic E-state index is 0.0829. The van der Waals surface area contributed by atoms with Crippen LogP contribution in [0.4, 0.5) is 0 Å². The minimum Gasteiger partial charge on any atom is -0.356 e. The molecule has 1 aromatic rings. The van der Waals surface area contributed by atoms with Crippen LogP contribution < -0.4 is 5.32 Å². The number of nitrogens with one attached hydrogen (secondary N) is 1. The molecule has 0 bridgehead atoms. The van der Waals surface area contributed by atoms with E-state index >= 15 is 0 Å². The predicted molar refractivity (Wildman–Crippen MR) is 74.6 cm³/mol. The number of hydrogen-bond acceptors (Lipinski definition) is 1.